The Balaban J connectivity index is 1.70. The molecule has 0 bridgehead atoms. The number of hydrogen-bond acceptors (Lipinski definition) is 3. The van der Waals surface area contributed by atoms with Crippen LogP contribution in [-0.2, 0) is 6.42 Å². The van der Waals surface area contributed by atoms with Crippen molar-refractivity contribution in [2.24, 2.45) is 4.99 Å². The highest BCUT2D eigenvalue weighted by molar-refractivity contribution is 7.22. The van der Waals surface area contributed by atoms with Gasteiger partial charge in [0.2, 0.25) is 5.13 Å². The van der Waals surface area contributed by atoms with Gasteiger partial charge >= 0.3 is 0 Å². The lowest BCUT2D eigenvalue weighted by Crippen LogP contribution is -2.04. The summed E-state index contributed by atoms with van der Waals surface area (Å²) in [6.45, 7) is 0. The molecule has 1 aromatic heterocycles. The van der Waals surface area contributed by atoms with Gasteiger partial charge in [-0.05, 0) is 23.8 Å². The van der Waals surface area contributed by atoms with E-state index in [9.17, 15) is 0 Å². The molecular weight excluding hydrogens is 254 g/mol. The van der Waals surface area contributed by atoms with Crippen molar-refractivity contribution < 1.29 is 0 Å². The van der Waals surface area contributed by atoms with Crippen molar-refractivity contribution in [1.82, 2.24) is 4.98 Å². The van der Waals surface area contributed by atoms with Crippen LogP contribution in [0.3, 0.4) is 0 Å². The number of aromatic nitrogens is 1. The fraction of sp³-hybridized carbons (Fsp3) is 0.0667. The molecule has 1 N–H and O–H groups in total. The van der Waals surface area contributed by atoms with Crippen molar-refractivity contribution in [3.8, 4) is 0 Å². The number of aliphatic imine (C=N–C) groups is 1. The smallest absolute Gasteiger partial charge is 0.211 e. The lowest BCUT2D eigenvalue weighted by molar-refractivity contribution is 1.34. The van der Waals surface area contributed by atoms with Gasteiger partial charge in [-0.2, -0.15) is 0 Å². The minimum Gasteiger partial charge on any atom is -0.343 e. The molecule has 0 amide bonds. The van der Waals surface area contributed by atoms with Crippen LogP contribution >= 0.6 is 11.3 Å². The maximum absolute atomic E-state index is 4.62. The lowest BCUT2D eigenvalue weighted by Gasteiger charge is -1.96. The fourth-order valence-electron chi connectivity index (χ4n) is 2.27. The van der Waals surface area contributed by atoms with Gasteiger partial charge in [0, 0.05) is 12.1 Å². The van der Waals surface area contributed by atoms with Crippen molar-refractivity contribution in [2.45, 2.75) is 6.42 Å². The number of para-hydroxylation sites is 2. The van der Waals surface area contributed by atoms with E-state index in [1.807, 2.05) is 24.3 Å². The third-order valence-electron chi connectivity index (χ3n) is 3.17. The van der Waals surface area contributed by atoms with Crippen LogP contribution in [0.5, 0.6) is 0 Å². The maximum Gasteiger partial charge on any atom is 0.211 e. The summed E-state index contributed by atoms with van der Waals surface area (Å²) in [4.78, 5) is 9.15. The van der Waals surface area contributed by atoms with Crippen molar-refractivity contribution in [3.63, 3.8) is 0 Å². The Bertz CT molecular complexity index is 729. The van der Waals surface area contributed by atoms with Gasteiger partial charge in [-0.3, -0.25) is 0 Å². The first-order chi connectivity index (χ1) is 9.38. The van der Waals surface area contributed by atoms with E-state index in [1.165, 1.54) is 10.3 Å². The Morgan fingerprint density at radius 2 is 1.89 bits per heavy atom. The molecule has 1 aliphatic rings. The average molecular weight is 265 g/mol. The summed E-state index contributed by atoms with van der Waals surface area (Å²) in [5.41, 5.74) is 3.46. The van der Waals surface area contributed by atoms with Crippen LogP contribution in [0.15, 0.2) is 53.5 Å². The summed E-state index contributed by atoms with van der Waals surface area (Å²) in [7, 11) is 0. The minimum absolute atomic E-state index is 0.816. The minimum atomic E-state index is 0.816. The summed E-state index contributed by atoms with van der Waals surface area (Å²) in [6.07, 6.45) is 0.853. The Morgan fingerprint density at radius 3 is 2.79 bits per heavy atom. The second-order valence-corrected chi connectivity index (χ2v) is 5.49. The SMILES string of the molecule is c1ccc2c(c1)CC(=Nc1nc3ccccc3s1)N2. The summed E-state index contributed by atoms with van der Waals surface area (Å²) in [5, 5.41) is 4.16. The molecule has 2 heterocycles. The number of nitrogens with one attached hydrogen (secondary N) is 1. The molecule has 19 heavy (non-hydrogen) atoms. The number of fused-ring (bicyclic) bond motifs is 2. The third kappa shape index (κ3) is 1.90. The molecule has 4 rings (SSSR count). The van der Waals surface area contributed by atoms with Crippen LogP contribution in [0, 0.1) is 0 Å². The molecule has 0 radical (unpaired) electrons. The number of hydrogen-bond donors (Lipinski definition) is 1. The van der Waals surface area contributed by atoms with Gasteiger partial charge in [0.1, 0.15) is 5.84 Å². The summed E-state index contributed by atoms with van der Waals surface area (Å²) in [6, 6.07) is 16.4. The molecule has 92 valence electrons. The first-order valence-electron chi connectivity index (χ1n) is 6.16. The Hall–Kier alpha value is -2.20. The van der Waals surface area contributed by atoms with E-state index in [2.05, 4.69) is 39.6 Å². The Labute approximate surface area is 114 Å². The molecular formula is C15H11N3S. The lowest BCUT2D eigenvalue weighted by atomic mass is 10.2. The zero-order chi connectivity index (χ0) is 12.7. The van der Waals surface area contributed by atoms with Gasteiger partial charge in [-0.25, -0.2) is 9.98 Å². The highest BCUT2D eigenvalue weighted by Crippen LogP contribution is 2.29. The largest absolute Gasteiger partial charge is 0.343 e. The van der Waals surface area contributed by atoms with E-state index >= 15 is 0 Å². The van der Waals surface area contributed by atoms with Gasteiger partial charge in [0.15, 0.2) is 0 Å². The molecule has 3 nitrogen and oxygen atoms in total. The van der Waals surface area contributed by atoms with Crippen LogP contribution < -0.4 is 5.32 Å². The van der Waals surface area contributed by atoms with Gasteiger partial charge in [0.05, 0.1) is 10.2 Å². The van der Waals surface area contributed by atoms with Crippen molar-refractivity contribution in [1.29, 1.82) is 0 Å². The second kappa shape index (κ2) is 4.17. The van der Waals surface area contributed by atoms with Gasteiger partial charge in [0.25, 0.3) is 0 Å². The molecule has 0 aliphatic carbocycles. The number of anilines is 1. The first kappa shape index (κ1) is 10.7. The van der Waals surface area contributed by atoms with Gasteiger partial charge in [-0.15, -0.1) is 0 Å². The topological polar surface area (TPSA) is 37.3 Å². The van der Waals surface area contributed by atoms with Crippen LogP contribution in [-0.4, -0.2) is 10.8 Å². The summed E-state index contributed by atoms with van der Waals surface area (Å²) < 4.78 is 1.18. The number of thiazole rings is 1. The van der Waals surface area contributed by atoms with E-state index in [-0.39, 0.29) is 0 Å². The van der Waals surface area contributed by atoms with Crippen molar-refractivity contribution in [3.05, 3.63) is 54.1 Å². The number of rotatable bonds is 1. The van der Waals surface area contributed by atoms with E-state index in [1.54, 1.807) is 11.3 Å². The zero-order valence-electron chi connectivity index (χ0n) is 10.1. The normalized spacial score (nSPS) is 15.7. The van der Waals surface area contributed by atoms with Crippen molar-refractivity contribution in [2.75, 3.05) is 5.32 Å². The van der Waals surface area contributed by atoms with E-state index in [0.29, 0.717) is 0 Å². The molecule has 0 saturated heterocycles. The van der Waals surface area contributed by atoms with Crippen LogP contribution in [0.4, 0.5) is 10.8 Å². The fourth-order valence-corrected chi connectivity index (χ4v) is 3.13. The van der Waals surface area contributed by atoms with E-state index in [0.717, 1.165) is 28.6 Å². The molecule has 0 fully saturated rings. The van der Waals surface area contributed by atoms with Crippen molar-refractivity contribution >= 4 is 38.2 Å². The van der Waals surface area contributed by atoms with Crippen LogP contribution in [0.2, 0.25) is 0 Å². The number of benzene rings is 2. The van der Waals surface area contributed by atoms with Crippen LogP contribution in [0.25, 0.3) is 10.2 Å². The molecule has 0 spiro atoms. The molecule has 0 atom stereocenters. The predicted octanol–water partition coefficient (Wildman–Crippen LogP) is 3.99. The average Bonchev–Trinajstić information content (AvgIpc) is 3.00. The maximum atomic E-state index is 4.62. The second-order valence-electron chi connectivity index (χ2n) is 4.48. The predicted molar refractivity (Wildman–Crippen MR) is 80.5 cm³/mol. The van der Waals surface area contributed by atoms with Gasteiger partial charge < -0.3 is 5.32 Å². The molecule has 1 aliphatic heterocycles. The number of amidine groups is 1. The molecule has 2 aromatic carbocycles. The summed E-state index contributed by atoms with van der Waals surface area (Å²) >= 11 is 1.62. The number of nitrogens with zero attached hydrogens (tertiary/aromatic N) is 2. The zero-order valence-corrected chi connectivity index (χ0v) is 10.9. The molecule has 3 aromatic rings. The highest BCUT2D eigenvalue weighted by Gasteiger charge is 2.15. The molecule has 0 saturated carbocycles. The first-order valence-corrected chi connectivity index (χ1v) is 6.98. The van der Waals surface area contributed by atoms with E-state index < -0.39 is 0 Å². The summed E-state index contributed by atoms with van der Waals surface area (Å²) in [5.74, 6) is 0.972. The standard InChI is InChI=1S/C15H11N3S/c1-2-6-11-10(5-1)9-14(16-11)18-15-17-12-7-3-4-8-13(12)19-15/h1-8H,9H2,(H,16,17,18). The van der Waals surface area contributed by atoms with E-state index in [4.69, 9.17) is 0 Å². The monoisotopic (exact) mass is 265 g/mol. The van der Waals surface area contributed by atoms with Crippen LogP contribution in [0.1, 0.15) is 5.56 Å². The molecule has 4 heteroatoms. The third-order valence-corrected chi connectivity index (χ3v) is 4.10. The Morgan fingerprint density at radius 1 is 1.05 bits per heavy atom. The van der Waals surface area contributed by atoms with Gasteiger partial charge in [-0.1, -0.05) is 41.7 Å². The highest BCUT2D eigenvalue weighted by atomic mass is 32.1. The quantitative estimate of drug-likeness (QED) is 0.722. The molecule has 0 unspecified atom stereocenters. The Kier molecular flexibility index (Phi) is 2.35.